The number of halogens is 2. The van der Waals surface area contributed by atoms with Gasteiger partial charge in [0, 0.05) is 28.7 Å². The Hall–Kier alpha value is -2.41. The summed E-state index contributed by atoms with van der Waals surface area (Å²) in [6.45, 7) is 0.570. The van der Waals surface area contributed by atoms with Crippen LogP contribution in [-0.4, -0.2) is 4.57 Å². The maximum absolute atomic E-state index is 9.42. The molecular formula is C19H15Cl2N3. The highest BCUT2D eigenvalue weighted by Gasteiger charge is 2.14. The van der Waals surface area contributed by atoms with Crippen LogP contribution in [0, 0.1) is 11.3 Å². The fourth-order valence-corrected chi connectivity index (χ4v) is 2.90. The van der Waals surface area contributed by atoms with Crippen LogP contribution in [0.2, 0.25) is 10.0 Å². The Balaban J connectivity index is 1.96. The predicted octanol–water partition coefficient (Wildman–Crippen LogP) is 4.89. The number of nitrogens with zero attached hydrogens (tertiary/aromatic N) is 2. The van der Waals surface area contributed by atoms with E-state index < -0.39 is 0 Å². The van der Waals surface area contributed by atoms with E-state index in [9.17, 15) is 5.26 Å². The topological polar surface area (TPSA) is 54.7 Å². The summed E-state index contributed by atoms with van der Waals surface area (Å²) in [7, 11) is 0. The Morgan fingerprint density at radius 1 is 0.917 bits per heavy atom. The quantitative estimate of drug-likeness (QED) is 0.724. The van der Waals surface area contributed by atoms with Crippen molar-refractivity contribution >= 4 is 28.9 Å². The van der Waals surface area contributed by atoms with Crippen LogP contribution in [0.5, 0.6) is 0 Å². The van der Waals surface area contributed by atoms with Gasteiger partial charge in [0.25, 0.3) is 0 Å². The zero-order valence-electron chi connectivity index (χ0n) is 12.8. The Kier molecular flexibility index (Phi) is 4.80. The summed E-state index contributed by atoms with van der Waals surface area (Å²) < 4.78 is 1.95. The molecule has 0 atom stereocenters. The molecule has 2 N–H and O–H groups in total. The van der Waals surface area contributed by atoms with Crippen LogP contribution in [0.3, 0.4) is 0 Å². The minimum Gasteiger partial charge on any atom is -0.397 e. The molecule has 3 aromatic rings. The number of nitrogens with two attached hydrogens (primary N) is 1. The van der Waals surface area contributed by atoms with Gasteiger partial charge in [0.15, 0.2) is 0 Å². The van der Waals surface area contributed by atoms with Crippen molar-refractivity contribution in [3.63, 3.8) is 0 Å². The van der Waals surface area contributed by atoms with Gasteiger partial charge >= 0.3 is 0 Å². The smallest absolute Gasteiger partial charge is 0.122 e. The van der Waals surface area contributed by atoms with Gasteiger partial charge in [0.1, 0.15) is 11.8 Å². The van der Waals surface area contributed by atoms with Crippen molar-refractivity contribution < 1.29 is 0 Å². The summed E-state index contributed by atoms with van der Waals surface area (Å²) in [5.74, 6) is 0. The van der Waals surface area contributed by atoms with E-state index in [1.54, 1.807) is 6.07 Å². The molecule has 0 spiro atoms. The molecule has 0 bridgehead atoms. The van der Waals surface area contributed by atoms with Crippen molar-refractivity contribution in [3.05, 3.63) is 87.2 Å². The third-order valence-electron chi connectivity index (χ3n) is 3.90. The number of hydrogen-bond donors (Lipinski definition) is 1. The van der Waals surface area contributed by atoms with E-state index in [4.69, 9.17) is 28.9 Å². The number of nitrogen functional groups attached to an aromatic ring is 1. The summed E-state index contributed by atoms with van der Waals surface area (Å²) in [4.78, 5) is 0. The number of anilines is 1. The largest absolute Gasteiger partial charge is 0.397 e. The van der Waals surface area contributed by atoms with Crippen molar-refractivity contribution in [1.29, 1.82) is 5.26 Å². The van der Waals surface area contributed by atoms with E-state index in [0.29, 0.717) is 34.4 Å². The molecule has 0 radical (unpaired) electrons. The molecule has 1 heterocycles. The predicted molar refractivity (Wildman–Crippen MR) is 98.4 cm³/mol. The number of hydrogen-bond acceptors (Lipinski definition) is 2. The normalized spacial score (nSPS) is 10.5. The lowest BCUT2D eigenvalue weighted by Gasteiger charge is -2.12. The lowest BCUT2D eigenvalue weighted by Crippen LogP contribution is -2.08. The van der Waals surface area contributed by atoms with Crippen molar-refractivity contribution in [3.8, 4) is 6.07 Å². The zero-order chi connectivity index (χ0) is 17.1. The van der Waals surface area contributed by atoms with Gasteiger partial charge in [-0.05, 0) is 41.5 Å². The first-order valence-corrected chi connectivity index (χ1v) is 8.19. The molecule has 3 rings (SSSR count). The maximum Gasteiger partial charge on any atom is 0.122 e. The number of benzene rings is 2. The van der Waals surface area contributed by atoms with Gasteiger partial charge in [-0.1, -0.05) is 47.5 Å². The van der Waals surface area contributed by atoms with E-state index in [1.807, 2.05) is 53.1 Å². The molecule has 0 aliphatic rings. The highest BCUT2D eigenvalue weighted by molar-refractivity contribution is 6.30. The first-order valence-electron chi connectivity index (χ1n) is 7.43. The summed E-state index contributed by atoms with van der Waals surface area (Å²) in [6, 6.07) is 19.2. The third kappa shape index (κ3) is 3.56. The molecule has 120 valence electrons. The number of rotatable bonds is 4. The molecule has 0 fully saturated rings. The van der Waals surface area contributed by atoms with Crippen molar-refractivity contribution in [2.45, 2.75) is 13.0 Å². The molecular weight excluding hydrogens is 341 g/mol. The van der Waals surface area contributed by atoms with E-state index in [1.165, 1.54) is 0 Å². The van der Waals surface area contributed by atoms with Crippen LogP contribution in [0.15, 0.2) is 54.6 Å². The Morgan fingerprint density at radius 2 is 1.46 bits per heavy atom. The van der Waals surface area contributed by atoms with E-state index in [0.717, 1.165) is 16.8 Å². The summed E-state index contributed by atoms with van der Waals surface area (Å²) in [5, 5.41) is 10.8. The van der Waals surface area contributed by atoms with Gasteiger partial charge < -0.3 is 10.3 Å². The minimum absolute atomic E-state index is 0.548. The van der Waals surface area contributed by atoms with Crippen LogP contribution in [-0.2, 0) is 13.0 Å². The van der Waals surface area contributed by atoms with Gasteiger partial charge in [0.2, 0.25) is 0 Å². The van der Waals surface area contributed by atoms with Crippen LogP contribution in [0.25, 0.3) is 0 Å². The second-order valence-corrected chi connectivity index (χ2v) is 6.43. The Bertz CT molecular complexity index is 888. The summed E-state index contributed by atoms with van der Waals surface area (Å²) >= 11 is 11.9. The maximum atomic E-state index is 9.42. The standard InChI is InChI=1S/C19H15Cl2N3/c20-15-5-1-13(2-6-15)9-19-18(23)10-17(11-22)24(19)12-14-3-7-16(21)8-4-14/h1-8,10H,9,12,23H2. The SMILES string of the molecule is N#Cc1cc(N)c(Cc2ccc(Cl)cc2)n1Cc1ccc(Cl)cc1. The summed E-state index contributed by atoms with van der Waals surface area (Å²) in [6.07, 6.45) is 0.637. The van der Waals surface area contributed by atoms with Crippen molar-refractivity contribution in [2.24, 2.45) is 0 Å². The first kappa shape index (κ1) is 16.4. The lowest BCUT2D eigenvalue weighted by atomic mass is 10.1. The Labute approximate surface area is 150 Å². The average molecular weight is 356 g/mol. The highest BCUT2D eigenvalue weighted by atomic mass is 35.5. The van der Waals surface area contributed by atoms with Gasteiger partial charge in [-0.2, -0.15) is 5.26 Å². The molecule has 3 nitrogen and oxygen atoms in total. The van der Waals surface area contributed by atoms with E-state index in [-0.39, 0.29) is 0 Å². The van der Waals surface area contributed by atoms with Gasteiger partial charge in [-0.25, -0.2) is 0 Å². The van der Waals surface area contributed by atoms with Crippen molar-refractivity contribution in [1.82, 2.24) is 4.57 Å². The van der Waals surface area contributed by atoms with Gasteiger partial charge in [-0.3, -0.25) is 0 Å². The molecule has 5 heteroatoms. The molecule has 2 aromatic carbocycles. The second kappa shape index (κ2) is 7.00. The molecule has 0 amide bonds. The highest BCUT2D eigenvalue weighted by Crippen LogP contribution is 2.24. The number of nitriles is 1. The lowest BCUT2D eigenvalue weighted by molar-refractivity contribution is 0.749. The minimum atomic E-state index is 0.548. The monoisotopic (exact) mass is 355 g/mol. The molecule has 0 saturated carbocycles. The van der Waals surface area contributed by atoms with Crippen LogP contribution < -0.4 is 5.73 Å². The van der Waals surface area contributed by atoms with E-state index in [2.05, 4.69) is 6.07 Å². The molecule has 0 aliphatic heterocycles. The number of aromatic nitrogens is 1. The second-order valence-electron chi connectivity index (χ2n) is 5.56. The van der Waals surface area contributed by atoms with E-state index >= 15 is 0 Å². The average Bonchev–Trinajstić information content (AvgIpc) is 2.87. The molecule has 1 aromatic heterocycles. The van der Waals surface area contributed by atoms with Gasteiger partial charge in [-0.15, -0.1) is 0 Å². The van der Waals surface area contributed by atoms with Crippen LogP contribution >= 0.6 is 23.2 Å². The fraction of sp³-hybridized carbons (Fsp3) is 0.105. The molecule has 0 aliphatic carbocycles. The third-order valence-corrected chi connectivity index (χ3v) is 4.40. The summed E-state index contributed by atoms with van der Waals surface area (Å²) in [5.41, 5.74) is 10.4. The van der Waals surface area contributed by atoms with Crippen molar-refractivity contribution in [2.75, 3.05) is 5.73 Å². The first-order chi connectivity index (χ1) is 11.6. The zero-order valence-corrected chi connectivity index (χ0v) is 14.3. The fourth-order valence-electron chi connectivity index (χ4n) is 2.65. The molecule has 0 unspecified atom stereocenters. The Morgan fingerprint density at radius 3 is 2.00 bits per heavy atom. The molecule has 24 heavy (non-hydrogen) atoms. The van der Waals surface area contributed by atoms with Crippen LogP contribution in [0.1, 0.15) is 22.5 Å². The van der Waals surface area contributed by atoms with Gasteiger partial charge in [0.05, 0.1) is 5.69 Å². The van der Waals surface area contributed by atoms with Crippen LogP contribution in [0.4, 0.5) is 5.69 Å². The molecule has 0 saturated heterocycles.